The third-order valence-electron chi connectivity index (χ3n) is 3.72. The molecular weight excluding hydrogens is 144 g/mol. The SMILES string of the molecule is C=CC1CCC2C(=C)CCC2C1. The van der Waals surface area contributed by atoms with Crippen molar-refractivity contribution in [2.75, 3.05) is 0 Å². The summed E-state index contributed by atoms with van der Waals surface area (Å²) in [5.41, 5.74) is 1.53. The molecule has 3 unspecified atom stereocenters. The summed E-state index contributed by atoms with van der Waals surface area (Å²) < 4.78 is 0. The molecule has 0 spiro atoms. The van der Waals surface area contributed by atoms with Crippen molar-refractivity contribution in [3.63, 3.8) is 0 Å². The van der Waals surface area contributed by atoms with E-state index in [9.17, 15) is 0 Å². The molecule has 0 aliphatic heterocycles. The molecule has 0 N–H and O–H groups in total. The molecule has 0 heterocycles. The van der Waals surface area contributed by atoms with Crippen molar-refractivity contribution >= 4 is 0 Å². The summed E-state index contributed by atoms with van der Waals surface area (Å²) >= 11 is 0. The molecule has 0 aromatic carbocycles. The van der Waals surface area contributed by atoms with Gasteiger partial charge in [-0.3, -0.25) is 0 Å². The Morgan fingerprint density at radius 1 is 1.25 bits per heavy atom. The van der Waals surface area contributed by atoms with Crippen LogP contribution < -0.4 is 0 Å². The van der Waals surface area contributed by atoms with E-state index in [1.165, 1.54) is 37.7 Å². The van der Waals surface area contributed by atoms with Crippen molar-refractivity contribution in [2.45, 2.75) is 32.1 Å². The van der Waals surface area contributed by atoms with Crippen LogP contribution in [0, 0.1) is 17.8 Å². The van der Waals surface area contributed by atoms with Gasteiger partial charge in [0.2, 0.25) is 0 Å². The Kier molecular flexibility index (Phi) is 2.08. The summed E-state index contributed by atoms with van der Waals surface area (Å²) in [6.45, 7) is 8.06. The van der Waals surface area contributed by atoms with Crippen molar-refractivity contribution in [3.8, 4) is 0 Å². The Morgan fingerprint density at radius 2 is 2.08 bits per heavy atom. The van der Waals surface area contributed by atoms with E-state index in [0.29, 0.717) is 0 Å². The van der Waals surface area contributed by atoms with Crippen LogP contribution in [-0.2, 0) is 0 Å². The fourth-order valence-corrected chi connectivity index (χ4v) is 2.93. The summed E-state index contributed by atoms with van der Waals surface area (Å²) in [6.07, 6.45) is 8.95. The molecule has 0 aromatic rings. The highest BCUT2D eigenvalue weighted by molar-refractivity contribution is 5.11. The van der Waals surface area contributed by atoms with Gasteiger partial charge in [0.05, 0.1) is 0 Å². The number of hydrogen-bond donors (Lipinski definition) is 0. The molecule has 0 radical (unpaired) electrons. The van der Waals surface area contributed by atoms with Gasteiger partial charge in [-0.25, -0.2) is 0 Å². The van der Waals surface area contributed by atoms with Gasteiger partial charge in [-0.1, -0.05) is 18.2 Å². The summed E-state index contributed by atoms with van der Waals surface area (Å²) in [5, 5.41) is 0. The van der Waals surface area contributed by atoms with Crippen molar-refractivity contribution in [1.82, 2.24) is 0 Å². The molecule has 0 heteroatoms. The quantitative estimate of drug-likeness (QED) is 0.517. The zero-order chi connectivity index (χ0) is 8.55. The van der Waals surface area contributed by atoms with E-state index >= 15 is 0 Å². The predicted octanol–water partition coefficient (Wildman–Crippen LogP) is 3.55. The van der Waals surface area contributed by atoms with E-state index in [2.05, 4.69) is 19.2 Å². The Balaban J connectivity index is 2.03. The number of hydrogen-bond acceptors (Lipinski definition) is 0. The molecule has 2 aliphatic rings. The molecule has 0 nitrogen and oxygen atoms in total. The third-order valence-corrected chi connectivity index (χ3v) is 3.72. The maximum Gasteiger partial charge on any atom is -0.0177 e. The van der Waals surface area contributed by atoms with Crippen LogP contribution in [0.2, 0.25) is 0 Å². The van der Waals surface area contributed by atoms with Crippen LogP contribution in [-0.4, -0.2) is 0 Å². The Labute approximate surface area is 75.4 Å². The van der Waals surface area contributed by atoms with Crippen LogP contribution in [0.1, 0.15) is 32.1 Å². The van der Waals surface area contributed by atoms with Crippen molar-refractivity contribution in [2.24, 2.45) is 17.8 Å². The van der Waals surface area contributed by atoms with E-state index in [0.717, 1.165) is 17.8 Å². The summed E-state index contributed by atoms with van der Waals surface area (Å²) in [6, 6.07) is 0. The Hall–Kier alpha value is -0.520. The summed E-state index contributed by atoms with van der Waals surface area (Å²) in [7, 11) is 0. The average Bonchev–Trinajstić information content (AvgIpc) is 2.47. The highest BCUT2D eigenvalue weighted by Crippen LogP contribution is 2.46. The molecule has 12 heavy (non-hydrogen) atoms. The lowest BCUT2D eigenvalue weighted by atomic mass is 9.75. The first-order valence-electron chi connectivity index (χ1n) is 5.11. The van der Waals surface area contributed by atoms with Gasteiger partial charge in [0, 0.05) is 0 Å². The first-order chi connectivity index (χ1) is 5.81. The maximum absolute atomic E-state index is 4.16. The van der Waals surface area contributed by atoms with Crippen LogP contribution >= 0.6 is 0 Å². The average molecular weight is 162 g/mol. The molecular formula is C12H18. The summed E-state index contributed by atoms with van der Waals surface area (Å²) in [4.78, 5) is 0. The molecule has 0 bridgehead atoms. The topological polar surface area (TPSA) is 0 Å². The smallest absolute Gasteiger partial charge is 0.0177 e. The standard InChI is InChI=1S/C12H18/c1-3-10-5-7-12-9(2)4-6-11(12)8-10/h3,10-12H,1-2,4-8H2. The molecule has 2 rings (SSSR count). The van der Waals surface area contributed by atoms with Gasteiger partial charge in [-0.2, -0.15) is 0 Å². The summed E-state index contributed by atoms with van der Waals surface area (Å²) in [5.74, 6) is 2.63. The van der Waals surface area contributed by atoms with E-state index in [1.807, 2.05) is 0 Å². The monoisotopic (exact) mass is 162 g/mol. The maximum atomic E-state index is 4.16. The van der Waals surface area contributed by atoms with Crippen LogP contribution in [0.3, 0.4) is 0 Å². The molecule has 0 saturated heterocycles. The van der Waals surface area contributed by atoms with Gasteiger partial charge >= 0.3 is 0 Å². The van der Waals surface area contributed by atoms with Gasteiger partial charge in [0.1, 0.15) is 0 Å². The second-order valence-electron chi connectivity index (χ2n) is 4.37. The highest BCUT2D eigenvalue weighted by atomic mass is 14.4. The number of rotatable bonds is 1. The highest BCUT2D eigenvalue weighted by Gasteiger charge is 2.34. The largest absolute Gasteiger partial charge is 0.103 e. The van der Waals surface area contributed by atoms with Crippen LogP contribution in [0.5, 0.6) is 0 Å². The molecule has 66 valence electrons. The number of allylic oxidation sites excluding steroid dienone is 2. The first-order valence-corrected chi connectivity index (χ1v) is 5.11. The second-order valence-corrected chi connectivity index (χ2v) is 4.37. The minimum atomic E-state index is 0.803. The minimum absolute atomic E-state index is 0.803. The lowest BCUT2D eigenvalue weighted by Crippen LogP contribution is -2.19. The van der Waals surface area contributed by atoms with E-state index in [4.69, 9.17) is 0 Å². The lowest BCUT2D eigenvalue weighted by molar-refractivity contribution is 0.258. The zero-order valence-electron chi connectivity index (χ0n) is 7.76. The fraction of sp³-hybridized carbons (Fsp3) is 0.667. The second kappa shape index (κ2) is 3.08. The van der Waals surface area contributed by atoms with Crippen LogP contribution in [0.4, 0.5) is 0 Å². The van der Waals surface area contributed by atoms with E-state index in [-0.39, 0.29) is 0 Å². The number of fused-ring (bicyclic) bond motifs is 1. The van der Waals surface area contributed by atoms with Gasteiger partial charge in [0.15, 0.2) is 0 Å². The van der Waals surface area contributed by atoms with Crippen molar-refractivity contribution < 1.29 is 0 Å². The molecule has 0 amide bonds. The molecule has 3 atom stereocenters. The Morgan fingerprint density at radius 3 is 2.83 bits per heavy atom. The van der Waals surface area contributed by atoms with Gasteiger partial charge in [-0.05, 0) is 49.9 Å². The van der Waals surface area contributed by atoms with Gasteiger partial charge in [0.25, 0.3) is 0 Å². The molecule has 2 saturated carbocycles. The predicted molar refractivity (Wildman–Crippen MR) is 52.9 cm³/mol. The minimum Gasteiger partial charge on any atom is -0.103 e. The fourth-order valence-electron chi connectivity index (χ4n) is 2.93. The first kappa shape index (κ1) is 8.10. The van der Waals surface area contributed by atoms with Crippen molar-refractivity contribution in [1.29, 1.82) is 0 Å². The van der Waals surface area contributed by atoms with Crippen LogP contribution in [0.25, 0.3) is 0 Å². The Bertz CT molecular complexity index is 202. The molecule has 2 aliphatic carbocycles. The van der Waals surface area contributed by atoms with Gasteiger partial charge < -0.3 is 0 Å². The van der Waals surface area contributed by atoms with Gasteiger partial charge in [-0.15, -0.1) is 6.58 Å². The normalized spacial score (nSPS) is 41.0. The molecule has 2 fully saturated rings. The van der Waals surface area contributed by atoms with E-state index < -0.39 is 0 Å². The zero-order valence-corrected chi connectivity index (χ0v) is 7.76. The van der Waals surface area contributed by atoms with E-state index in [1.54, 1.807) is 0 Å². The van der Waals surface area contributed by atoms with Crippen molar-refractivity contribution in [3.05, 3.63) is 24.8 Å². The molecule has 0 aromatic heterocycles. The lowest BCUT2D eigenvalue weighted by Gasteiger charge is -2.30. The third kappa shape index (κ3) is 1.24. The van der Waals surface area contributed by atoms with Crippen LogP contribution in [0.15, 0.2) is 24.8 Å².